The Morgan fingerprint density at radius 3 is 2.67 bits per heavy atom. The smallest absolute Gasteiger partial charge is 0.244 e. The molecule has 0 spiro atoms. The minimum atomic E-state index is -3.92. The quantitative estimate of drug-likeness (QED) is 0.661. The Kier molecular flexibility index (Phi) is 6.70. The lowest BCUT2D eigenvalue weighted by Crippen LogP contribution is -2.40. The van der Waals surface area contributed by atoms with Crippen molar-refractivity contribution in [3.05, 3.63) is 59.4 Å². The van der Waals surface area contributed by atoms with Gasteiger partial charge in [0.1, 0.15) is 23.1 Å². The van der Waals surface area contributed by atoms with Crippen molar-refractivity contribution in [2.24, 2.45) is 0 Å². The van der Waals surface area contributed by atoms with Gasteiger partial charge in [0, 0.05) is 19.7 Å². The number of nitrogens with zero attached hydrogens (tertiary/aromatic N) is 1. The van der Waals surface area contributed by atoms with E-state index in [-0.39, 0.29) is 35.7 Å². The molecule has 0 amide bonds. The van der Waals surface area contributed by atoms with Gasteiger partial charge in [0.15, 0.2) is 0 Å². The first kappa shape index (κ1) is 20.1. The molecule has 2 aromatic carbocycles. The molecule has 146 valence electrons. The van der Waals surface area contributed by atoms with Crippen molar-refractivity contribution >= 4 is 21.6 Å². The summed E-state index contributed by atoms with van der Waals surface area (Å²) < 4.78 is 52.1. The Labute approximate surface area is 163 Å². The zero-order chi connectivity index (χ0) is 19.3. The van der Waals surface area contributed by atoms with E-state index in [1.54, 1.807) is 12.1 Å². The highest BCUT2D eigenvalue weighted by atomic mass is 35.5. The van der Waals surface area contributed by atoms with Gasteiger partial charge in [-0.1, -0.05) is 29.8 Å². The van der Waals surface area contributed by atoms with Gasteiger partial charge >= 0.3 is 0 Å². The zero-order valence-corrected chi connectivity index (χ0v) is 16.3. The summed E-state index contributed by atoms with van der Waals surface area (Å²) in [6.07, 6.45) is 1.52. The number of hydrogen-bond acceptors (Lipinski definition) is 4. The second kappa shape index (κ2) is 9.01. The third kappa shape index (κ3) is 5.19. The molecule has 0 radical (unpaired) electrons. The lowest BCUT2D eigenvalue weighted by atomic mass is 10.2. The predicted octanol–water partition coefficient (Wildman–Crippen LogP) is 3.73. The van der Waals surface area contributed by atoms with Crippen LogP contribution in [0, 0.1) is 5.82 Å². The molecule has 8 heteroatoms. The zero-order valence-electron chi connectivity index (χ0n) is 14.7. The molecule has 1 unspecified atom stereocenters. The Morgan fingerprint density at radius 2 is 2.00 bits per heavy atom. The van der Waals surface area contributed by atoms with E-state index >= 15 is 0 Å². The summed E-state index contributed by atoms with van der Waals surface area (Å²) >= 11 is 6.00. The molecule has 0 N–H and O–H groups in total. The third-order valence-electron chi connectivity index (χ3n) is 4.30. The van der Waals surface area contributed by atoms with E-state index in [1.807, 2.05) is 18.2 Å². The molecule has 27 heavy (non-hydrogen) atoms. The number of hydrogen-bond donors (Lipinski definition) is 0. The van der Waals surface area contributed by atoms with Crippen LogP contribution < -0.4 is 4.74 Å². The molecule has 0 bridgehead atoms. The van der Waals surface area contributed by atoms with Crippen LogP contribution in [0.1, 0.15) is 12.8 Å². The molecule has 2 aromatic rings. The van der Waals surface area contributed by atoms with Gasteiger partial charge in [-0.2, -0.15) is 4.31 Å². The van der Waals surface area contributed by atoms with Crippen LogP contribution in [0.5, 0.6) is 5.75 Å². The second-order valence-corrected chi connectivity index (χ2v) is 8.55. The number of benzene rings is 2. The highest BCUT2D eigenvalue weighted by molar-refractivity contribution is 7.89. The average Bonchev–Trinajstić information content (AvgIpc) is 3.14. The van der Waals surface area contributed by atoms with Crippen LogP contribution in [0.3, 0.4) is 0 Å². The molecule has 0 aliphatic carbocycles. The Hall–Kier alpha value is -1.67. The molecule has 1 fully saturated rings. The van der Waals surface area contributed by atoms with Gasteiger partial charge in [-0.25, -0.2) is 12.8 Å². The van der Waals surface area contributed by atoms with Gasteiger partial charge in [-0.05, 0) is 43.2 Å². The Bertz CT molecular complexity index is 857. The van der Waals surface area contributed by atoms with E-state index in [9.17, 15) is 12.8 Å². The van der Waals surface area contributed by atoms with Crippen molar-refractivity contribution in [2.75, 3.05) is 26.3 Å². The topological polar surface area (TPSA) is 55.8 Å². The van der Waals surface area contributed by atoms with Crippen LogP contribution in [0.15, 0.2) is 53.4 Å². The van der Waals surface area contributed by atoms with Crippen molar-refractivity contribution in [2.45, 2.75) is 23.8 Å². The normalized spacial score (nSPS) is 17.4. The maximum absolute atomic E-state index is 13.3. The fourth-order valence-corrected chi connectivity index (χ4v) is 4.89. The monoisotopic (exact) mass is 413 g/mol. The van der Waals surface area contributed by atoms with Crippen molar-refractivity contribution < 1.29 is 22.3 Å². The van der Waals surface area contributed by atoms with Crippen LogP contribution >= 0.6 is 11.6 Å². The molecule has 0 aromatic heterocycles. The lowest BCUT2D eigenvalue weighted by Gasteiger charge is -2.25. The van der Waals surface area contributed by atoms with Gasteiger partial charge in [-0.15, -0.1) is 0 Å². The highest BCUT2D eigenvalue weighted by Crippen LogP contribution is 2.27. The summed E-state index contributed by atoms with van der Waals surface area (Å²) in [6, 6.07) is 12.4. The van der Waals surface area contributed by atoms with E-state index in [1.165, 1.54) is 10.4 Å². The lowest BCUT2D eigenvalue weighted by molar-refractivity contribution is 0.0910. The van der Waals surface area contributed by atoms with Crippen molar-refractivity contribution in [3.63, 3.8) is 0 Å². The van der Waals surface area contributed by atoms with Gasteiger partial charge in [0.05, 0.1) is 11.1 Å². The van der Waals surface area contributed by atoms with Crippen molar-refractivity contribution in [3.8, 4) is 5.75 Å². The third-order valence-corrected chi connectivity index (χ3v) is 6.64. The first-order valence-corrected chi connectivity index (χ1v) is 10.5. The summed E-state index contributed by atoms with van der Waals surface area (Å²) in [4.78, 5) is -0.122. The fraction of sp³-hybridized carbons (Fsp3) is 0.368. The van der Waals surface area contributed by atoms with E-state index in [2.05, 4.69) is 0 Å². The molecular weight excluding hydrogens is 393 g/mol. The summed E-state index contributed by atoms with van der Waals surface area (Å²) in [7, 11) is -3.92. The number of rotatable bonds is 8. The van der Waals surface area contributed by atoms with Crippen LogP contribution in [0.4, 0.5) is 4.39 Å². The fourth-order valence-electron chi connectivity index (χ4n) is 2.93. The molecule has 1 heterocycles. The minimum absolute atomic E-state index is 0.122. The highest BCUT2D eigenvalue weighted by Gasteiger charge is 2.30. The maximum atomic E-state index is 13.3. The summed E-state index contributed by atoms with van der Waals surface area (Å²) in [5, 5.41) is -0.142. The Balaban J connectivity index is 1.77. The molecule has 1 aliphatic heterocycles. The maximum Gasteiger partial charge on any atom is 0.244 e. The van der Waals surface area contributed by atoms with E-state index < -0.39 is 15.8 Å². The molecule has 1 aliphatic rings. The van der Waals surface area contributed by atoms with Crippen LogP contribution in [-0.2, 0) is 14.8 Å². The van der Waals surface area contributed by atoms with E-state index in [4.69, 9.17) is 21.1 Å². The molecule has 3 rings (SSSR count). The number of halogens is 2. The summed E-state index contributed by atoms with van der Waals surface area (Å²) in [5.41, 5.74) is 0. The summed E-state index contributed by atoms with van der Waals surface area (Å²) in [6.45, 7) is 1.13. The first-order chi connectivity index (χ1) is 13.0. The number of para-hydroxylation sites is 1. The van der Waals surface area contributed by atoms with E-state index in [0.29, 0.717) is 12.4 Å². The molecule has 0 saturated carbocycles. The van der Waals surface area contributed by atoms with E-state index in [0.717, 1.165) is 25.0 Å². The molecular formula is C19H21ClFNO4S. The van der Waals surface area contributed by atoms with Gasteiger partial charge in [-0.3, -0.25) is 0 Å². The second-order valence-electron chi connectivity index (χ2n) is 6.23. The summed E-state index contributed by atoms with van der Waals surface area (Å²) in [5.74, 6) is 0.0730. The van der Waals surface area contributed by atoms with Crippen molar-refractivity contribution in [1.82, 2.24) is 4.31 Å². The van der Waals surface area contributed by atoms with Gasteiger partial charge in [0.25, 0.3) is 0 Å². The predicted molar refractivity (Wildman–Crippen MR) is 101 cm³/mol. The molecule has 1 saturated heterocycles. The molecule has 5 nitrogen and oxygen atoms in total. The largest absolute Gasteiger partial charge is 0.492 e. The average molecular weight is 414 g/mol. The van der Waals surface area contributed by atoms with Crippen molar-refractivity contribution in [1.29, 1.82) is 0 Å². The minimum Gasteiger partial charge on any atom is -0.492 e. The van der Waals surface area contributed by atoms with Crippen LogP contribution in [0.25, 0.3) is 0 Å². The van der Waals surface area contributed by atoms with Crippen LogP contribution in [-0.4, -0.2) is 45.1 Å². The molecule has 1 atom stereocenters. The Morgan fingerprint density at radius 1 is 1.22 bits per heavy atom. The van der Waals surface area contributed by atoms with Crippen LogP contribution in [0.2, 0.25) is 5.02 Å². The first-order valence-electron chi connectivity index (χ1n) is 8.71. The SMILES string of the molecule is O=S(=O)(c1ccc(F)cc1Cl)N(CCOc1ccccc1)CC1CCCO1. The number of sulfonamides is 1. The van der Waals surface area contributed by atoms with Gasteiger partial charge < -0.3 is 9.47 Å². The number of ether oxygens (including phenoxy) is 2. The standard InChI is InChI=1S/C19H21ClFNO4S/c20-18-13-15(21)8-9-19(18)27(23,24)22(14-17-7-4-11-25-17)10-12-26-16-5-2-1-3-6-16/h1-3,5-6,8-9,13,17H,4,7,10-12,14H2. The van der Waals surface area contributed by atoms with Gasteiger partial charge in [0.2, 0.25) is 10.0 Å².